The Bertz CT molecular complexity index is 677. The van der Waals surface area contributed by atoms with E-state index in [0.717, 1.165) is 49.8 Å². The van der Waals surface area contributed by atoms with Gasteiger partial charge in [0.15, 0.2) is 0 Å². The van der Waals surface area contributed by atoms with Crippen LogP contribution >= 0.6 is 0 Å². The van der Waals surface area contributed by atoms with E-state index >= 15 is 0 Å². The third-order valence-electron chi connectivity index (χ3n) is 6.78. The summed E-state index contributed by atoms with van der Waals surface area (Å²) in [5.74, 6) is 0.512. The summed E-state index contributed by atoms with van der Waals surface area (Å²) in [5, 5.41) is 0. The van der Waals surface area contributed by atoms with Crippen LogP contribution in [0.15, 0.2) is 30.3 Å². The van der Waals surface area contributed by atoms with E-state index in [1.807, 2.05) is 33.8 Å². The Morgan fingerprint density at radius 3 is 2.10 bits per heavy atom. The second-order valence-corrected chi connectivity index (χ2v) is 9.84. The molecule has 2 rings (SSSR count). The van der Waals surface area contributed by atoms with Gasteiger partial charge in [-0.15, -0.1) is 0 Å². The molecular formula is C26H41NO4. The summed E-state index contributed by atoms with van der Waals surface area (Å²) in [5.41, 5.74) is -0.876. The molecule has 2 amide bonds. The molecule has 31 heavy (non-hydrogen) atoms. The molecule has 1 aliphatic carbocycles. The summed E-state index contributed by atoms with van der Waals surface area (Å²) in [6.45, 7) is 12.0. The maximum absolute atomic E-state index is 13.3. The fraction of sp³-hybridized carbons (Fsp3) is 0.692. The Balaban J connectivity index is 2.24. The average Bonchev–Trinajstić information content (AvgIpc) is 2.72. The maximum Gasteiger partial charge on any atom is 0.424 e. The van der Waals surface area contributed by atoms with Crippen molar-refractivity contribution in [2.75, 3.05) is 4.90 Å². The highest BCUT2D eigenvalue weighted by molar-refractivity contribution is 6.09. The zero-order chi connectivity index (χ0) is 23.1. The zero-order valence-corrected chi connectivity index (χ0v) is 20.3. The van der Waals surface area contributed by atoms with Crippen molar-refractivity contribution in [3.8, 4) is 0 Å². The van der Waals surface area contributed by atoms with Crippen LogP contribution in [-0.4, -0.2) is 23.4 Å². The van der Waals surface area contributed by atoms with Crippen LogP contribution in [0.1, 0.15) is 92.9 Å². The predicted molar refractivity (Wildman–Crippen MR) is 125 cm³/mol. The number of amides is 2. The second kappa shape index (κ2) is 11.0. The monoisotopic (exact) mass is 431 g/mol. The van der Waals surface area contributed by atoms with Gasteiger partial charge in [0.05, 0.1) is 5.69 Å². The van der Waals surface area contributed by atoms with Gasteiger partial charge in [-0.05, 0) is 77.3 Å². The third kappa shape index (κ3) is 6.72. The number of hydrogen-bond acceptors (Lipinski definition) is 4. The molecule has 0 saturated heterocycles. The van der Waals surface area contributed by atoms with Crippen molar-refractivity contribution in [2.24, 2.45) is 11.8 Å². The summed E-state index contributed by atoms with van der Waals surface area (Å²) in [6.07, 6.45) is 7.13. The molecule has 0 aliphatic heterocycles. The quantitative estimate of drug-likeness (QED) is 0.422. The van der Waals surface area contributed by atoms with Gasteiger partial charge in [0.25, 0.3) is 0 Å². The number of nitrogens with zero attached hydrogens (tertiary/aromatic N) is 1. The lowest BCUT2D eigenvalue weighted by Crippen LogP contribution is -2.48. The molecule has 0 spiro atoms. The van der Waals surface area contributed by atoms with Crippen LogP contribution < -0.4 is 4.90 Å². The van der Waals surface area contributed by atoms with Crippen molar-refractivity contribution in [1.82, 2.24) is 0 Å². The van der Waals surface area contributed by atoms with Crippen LogP contribution in [0.5, 0.6) is 0 Å². The van der Waals surface area contributed by atoms with Crippen LogP contribution in [0.2, 0.25) is 0 Å². The molecule has 5 nitrogen and oxygen atoms in total. The van der Waals surface area contributed by atoms with Crippen molar-refractivity contribution >= 4 is 17.9 Å². The number of para-hydroxylation sites is 1. The van der Waals surface area contributed by atoms with Gasteiger partial charge < -0.3 is 9.47 Å². The molecule has 1 unspecified atom stereocenters. The summed E-state index contributed by atoms with van der Waals surface area (Å²) < 4.78 is 11.9. The second-order valence-electron chi connectivity index (χ2n) is 9.84. The van der Waals surface area contributed by atoms with E-state index in [0.29, 0.717) is 11.6 Å². The minimum atomic E-state index is -0.686. The normalized spacial score (nSPS) is 16.5. The van der Waals surface area contributed by atoms with Crippen molar-refractivity contribution in [1.29, 1.82) is 0 Å². The van der Waals surface area contributed by atoms with E-state index < -0.39 is 23.4 Å². The number of benzene rings is 1. The lowest BCUT2D eigenvalue weighted by atomic mass is 9.79. The number of carbonyl (C=O) groups excluding carboxylic acids is 2. The van der Waals surface area contributed by atoms with Gasteiger partial charge in [0, 0.05) is 0 Å². The third-order valence-corrected chi connectivity index (χ3v) is 6.78. The van der Waals surface area contributed by atoms with E-state index in [9.17, 15) is 9.59 Å². The molecule has 1 aromatic carbocycles. The molecule has 0 heterocycles. The number of hydrogen-bond donors (Lipinski definition) is 0. The Morgan fingerprint density at radius 1 is 0.968 bits per heavy atom. The first-order valence-electron chi connectivity index (χ1n) is 11.9. The van der Waals surface area contributed by atoms with Crippen molar-refractivity contribution in [3.05, 3.63) is 30.3 Å². The van der Waals surface area contributed by atoms with E-state index in [1.165, 1.54) is 6.42 Å². The number of carbonyl (C=O) groups is 2. The molecule has 5 heteroatoms. The van der Waals surface area contributed by atoms with Crippen molar-refractivity contribution < 1.29 is 19.1 Å². The van der Waals surface area contributed by atoms with E-state index in [4.69, 9.17) is 9.47 Å². The molecule has 0 N–H and O–H groups in total. The molecule has 1 atom stereocenters. The lowest BCUT2D eigenvalue weighted by Gasteiger charge is -2.38. The van der Waals surface area contributed by atoms with Gasteiger partial charge in [-0.1, -0.05) is 57.7 Å². The minimum Gasteiger partial charge on any atom is -0.442 e. The Kier molecular flexibility index (Phi) is 8.96. The first-order chi connectivity index (χ1) is 14.6. The van der Waals surface area contributed by atoms with Gasteiger partial charge in [-0.3, -0.25) is 0 Å². The van der Waals surface area contributed by atoms with Crippen LogP contribution in [0, 0.1) is 11.8 Å². The topological polar surface area (TPSA) is 55.8 Å². The van der Waals surface area contributed by atoms with Crippen molar-refractivity contribution in [2.45, 2.75) is 104 Å². The molecule has 1 aliphatic rings. The van der Waals surface area contributed by atoms with E-state index in [2.05, 4.69) is 13.8 Å². The molecule has 174 valence electrons. The molecule has 1 fully saturated rings. The predicted octanol–water partition coefficient (Wildman–Crippen LogP) is 7.73. The van der Waals surface area contributed by atoms with Gasteiger partial charge in [-0.25, -0.2) is 9.59 Å². The van der Waals surface area contributed by atoms with Gasteiger partial charge in [0.2, 0.25) is 0 Å². The SMILES string of the molecule is CCCC(CC)C(C)(C)OC(=O)N(C(=O)OC(C)(C)C1CCCCC1)c1ccccc1. The highest BCUT2D eigenvalue weighted by Crippen LogP contribution is 2.36. The summed E-state index contributed by atoms with van der Waals surface area (Å²) in [6, 6.07) is 8.90. The Hall–Kier alpha value is -2.04. The van der Waals surface area contributed by atoms with Crippen LogP contribution in [0.4, 0.5) is 15.3 Å². The number of ether oxygens (including phenoxy) is 2. The number of imide groups is 1. The Labute approximate surface area is 188 Å². The summed E-state index contributed by atoms with van der Waals surface area (Å²) in [4.78, 5) is 27.6. The van der Waals surface area contributed by atoms with Crippen LogP contribution in [0.3, 0.4) is 0 Å². The number of anilines is 1. The zero-order valence-electron chi connectivity index (χ0n) is 20.3. The van der Waals surface area contributed by atoms with Gasteiger partial charge >= 0.3 is 12.2 Å². The van der Waals surface area contributed by atoms with E-state index in [-0.39, 0.29) is 5.92 Å². The average molecular weight is 432 g/mol. The fourth-order valence-electron chi connectivity index (χ4n) is 4.76. The smallest absolute Gasteiger partial charge is 0.424 e. The minimum absolute atomic E-state index is 0.216. The number of rotatable bonds is 8. The van der Waals surface area contributed by atoms with Crippen molar-refractivity contribution in [3.63, 3.8) is 0 Å². The fourth-order valence-corrected chi connectivity index (χ4v) is 4.76. The van der Waals surface area contributed by atoms with Crippen LogP contribution in [-0.2, 0) is 9.47 Å². The largest absolute Gasteiger partial charge is 0.442 e. The lowest BCUT2D eigenvalue weighted by molar-refractivity contribution is -0.0223. The summed E-state index contributed by atoms with van der Waals surface area (Å²) in [7, 11) is 0. The first kappa shape index (κ1) is 25.2. The molecule has 1 saturated carbocycles. The molecular weight excluding hydrogens is 390 g/mol. The molecule has 0 bridgehead atoms. The van der Waals surface area contributed by atoms with Crippen LogP contribution in [0.25, 0.3) is 0 Å². The highest BCUT2D eigenvalue weighted by atomic mass is 16.6. The standard InChI is InChI=1S/C26H41NO4/c1-7-15-20(8-2)25(3,4)30-23(28)27(22-18-13-10-14-19-22)24(29)31-26(5,6)21-16-11-9-12-17-21/h10,13-14,18-21H,7-9,11-12,15-17H2,1-6H3. The molecule has 1 aromatic rings. The highest BCUT2D eigenvalue weighted by Gasteiger charge is 2.40. The van der Waals surface area contributed by atoms with Gasteiger partial charge in [-0.2, -0.15) is 4.90 Å². The van der Waals surface area contributed by atoms with Gasteiger partial charge in [0.1, 0.15) is 11.2 Å². The van der Waals surface area contributed by atoms with E-state index in [1.54, 1.807) is 24.3 Å². The Morgan fingerprint density at radius 2 is 1.55 bits per heavy atom. The molecule has 0 aromatic heterocycles. The summed E-state index contributed by atoms with van der Waals surface area (Å²) >= 11 is 0. The maximum atomic E-state index is 13.3. The molecule has 0 radical (unpaired) electrons. The first-order valence-corrected chi connectivity index (χ1v) is 11.9.